The molecule has 2 rings (SSSR count). The number of hydrogen-bond acceptors (Lipinski definition) is 4. The summed E-state index contributed by atoms with van der Waals surface area (Å²) >= 11 is 0. The third kappa shape index (κ3) is 8.37. The summed E-state index contributed by atoms with van der Waals surface area (Å²) in [5.74, 6) is 2.39. The smallest absolute Gasteiger partial charge is 0.216 e. The van der Waals surface area contributed by atoms with Gasteiger partial charge in [-0.2, -0.15) is 0 Å². The highest BCUT2D eigenvalue weighted by molar-refractivity contribution is 14.0. The molecular weight excluding hydrogens is 453 g/mol. The molecule has 1 atom stereocenters. The molecule has 1 aliphatic rings. The molecule has 1 saturated heterocycles. The van der Waals surface area contributed by atoms with Crippen molar-refractivity contribution in [1.29, 1.82) is 0 Å². The molecule has 2 heterocycles. The van der Waals surface area contributed by atoms with E-state index in [0.717, 1.165) is 43.8 Å². The predicted octanol–water partition coefficient (Wildman–Crippen LogP) is 3.91. The number of nitrogens with one attached hydrogen (secondary N) is 2. The summed E-state index contributed by atoms with van der Waals surface area (Å²) in [5.41, 5.74) is -0.0245. The first-order valence-electron chi connectivity index (χ1n) is 10.1. The van der Waals surface area contributed by atoms with Crippen molar-refractivity contribution in [1.82, 2.24) is 20.5 Å². The highest BCUT2D eigenvalue weighted by Crippen LogP contribution is 2.22. The summed E-state index contributed by atoms with van der Waals surface area (Å²) in [6.07, 6.45) is 7.00. The van der Waals surface area contributed by atoms with Crippen molar-refractivity contribution in [2.45, 2.75) is 78.3 Å². The van der Waals surface area contributed by atoms with E-state index in [1.807, 2.05) is 6.20 Å². The first-order chi connectivity index (χ1) is 12.4. The van der Waals surface area contributed by atoms with Crippen LogP contribution >= 0.6 is 24.0 Å². The molecular formula is C20H38IN5O. The van der Waals surface area contributed by atoms with E-state index in [4.69, 9.17) is 4.42 Å². The Morgan fingerprint density at radius 1 is 1.33 bits per heavy atom. The van der Waals surface area contributed by atoms with Crippen LogP contribution in [0.1, 0.15) is 72.0 Å². The molecule has 1 unspecified atom stereocenters. The van der Waals surface area contributed by atoms with Crippen molar-refractivity contribution in [3.63, 3.8) is 0 Å². The molecule has 156 valence electrons. The van der Waals surface area contributed by atoms with Crippen molar-refractivity contribution in [2.75, 3.05) is 26.2 Å². The molecule has 0 bridgehead atoms. The summed E-state index contributed by atoms with van der Waals surface area (Å²) in [4.78, 5) is 11.6. The average molecular weight is 491 g/mol. The fourth-order valence-corrected chi connectivity index (χ4v) is 3.20. The molecule has 0 amide bonds. The largest absolute Gasteiger partial charge is 0.443 e. The molecule has 0 aromatic carbocycles. The minimum absolute atomic E-state index is 0. The van der Waals surface area contributed by atoms with Crippen LogP contribution < -0.4 is 10.6 Å². The maximum absolute atomic E-state index is 5.81. The predicted molar refractivity (Wildman–Crippen MR) is 123 cm³/mol. The van der Waals surface area contributed by atoms with Gasteiger partial charge in [-0.1, -0.05) is 27.2 Å². The molecule has 0 radical (unpaired) electrons. The minimum Gasteiger partial charge on any atom is -0.443 e. The number of aromatic nitrogens is 1. The molecule has 1 aliphatic heterocycles. The van der Waals surface area contributed by atoms with Crippen LogP contribution in [0.4, 0.5) is 0 Å². The van der Waals surface area contributed by atoms with Gasteiger partial charge in [-0.25, -0.2) is 9.98 Å². The molecule has 6 nitrogen and oxygen atoms in total. The van der Waals surface area contributed by atoms with Crippen LogP contribution in [0, 0.1) is 0 Å². The van der Waals surface area contributed by atoms with E-state index in [1.165, 1.54) is 25.8 Å². The monoisotopic (exact) mass is 491 g/mol. The Hall–Kier alpha value is -0.830. The Kier molecular flexibility index (Phi) is 10.7. The fraction of sp³-hybridized carbons (Fsp3) is 0.800. The summed E-state index contributed by atoms with van der Waals surface area (Å²) in [6.45, 7) is 15.4. The second kappa shape index (κ2) is 11.9. The van der Waals surface area contributed by atoms with Gasteiger partial charge in [0.05, 0.1) is 6.20 Å². The Bertz CT molecular complexity index is 567. The van der Waals surface area contributed by atoms with Crippen LogP contribution in [0.2, 0.25) is 0 Å². The zero-order chi connectivity index (χ0) is 19.0. The lowest BCUT2D eigenvalue weighted by Gasteiger charge is -2.33. The van der Waals surface area contributed by atoms with E-state index >= 15 is 0 Å². The molecule has 0 saturated carbocycles. The molecule has 0 aliphatic carbocycles. The van der Waals surface area contributed by atoms with Gasteiger partial charge in [0, 0.05) is 31.1 Å². The highest BCUT2D eigenvalue weighted by atomic mass is 127. The normalized spacial score (nSPS) is 18.9. The second-order valence-electron chi connectivity index (χ2n) is 8.22. The van der Waals surface area contributed by atoms with Crippen molar-refractivity contribution >= 4 is 29.9 Å². The summed E-state index contributed by atoms with van der Waals surface area (Å²) in [7, 11) is 0. The van der Waals surface area contributed by atoms with Gasteiger partial charge in [0.2, 0.25) is 5.89 Å². The zero-order valence-electron chi connectivity index (χ0n) is 17.7. The lowest BCUT2D eigenvalue weighted by Crippen LogP contribution is -2.41. The van der Waals surface area contributed by atoms with Gasteiger partial charge in [0.1, 0.15) is 12.3 Å². The van der Waals surface area contributed by atoms with E-state index in [1.54, 1.807) is 0 Å². The first kappa shape index (κ1) is 24.2. The van der Waals surface area contributed by atoms with Crippen LogP contribution in [-0.4, -0.2) is 48.1 Å². The average Bonchev–Trinajstić information content (AvgIpc) is 3.07. The Labute approximate surface area is 182 Å². The van der Waals surface area contributed by atoms with Crippen LogP contribution in [0.5, 0.6) is 0 Å². The standard InChI is InChI=1S/C20H37N5O.HI/c1-6-21-19(22-11-9-13-25-12-8-7-10-16(25)2)24-15-18-23-14-17(26-18)20(3,4)5;/h14,16H,6-13,15H2,1-5H3,(H2,21,22,24);1H. The SMILES string of the molecule is CCNC(=NCc1ncc(C(C)(C)C)o1)NCCCN1CCCCC1C.I. The number of aliphatic imine (C=N–C) groups is 1. The Morgan fingerprint density at radius 3 is 2.74 bits per heavy atom. The lowest BCUT2D eigenvalue weighted by molar-refractivity contribution is 0.159. The molecule has 1 fully saturated rings. The van der Waals surface area contributed by atoms with Crippen LogP contribution in [0.25, 0.3) is 0 Å². The zero-order valence-corrected chi connectivity index (χ0v) is 20.0. The Balaban J connectivity index is 0.00000364. The number of piperidine rings is 1. The van der Waals surface area contributed by atoms with Crippen molar-refractivity contribution in [2.24, 2.45) is 4.99 Å². The van der Waals surface area contributed by atoms with E-state index in [9.17, 15) is 0 Å². The number of likely N-dealkylation sites (tertiary alicyclic amines) is 1. The molecule has 27 heavy (non-hydrogen) atoms. The Morgan fingerprint density at radius 2 is 2.11 bits per heavy atom. The summed E-state index contributed by atoms with van der Waals surface area (Å²) < 4.78 is 5.81. The third-order valence-corrected chi connectivity index (χ3v) is 4.86. The summed E-state index contributed by atoms with van der Waals surface area (Å²) in [5, 5.41) is 6.72. The quantitative estimate of drug-likeness (QED) is 0.262. The summed E-state index contributed by atoms with van der Waals surface area (Å²) in [6, 6.07) is 0.729. The molecule has 1 aromatic rings. The fourth-order valence-electron chi connectivity index (χ4n) is 3.20. The first-order valence-corrected chi connectivity index (χ1v) is 10.1. The van der Waals surface area contributed by atoms with E-state index in [2.05, 4.69) is 60.1 Å². The van der Waals surface area contributed by atoms with E-state index in [0.29, 0.717) is 12.4 Å². The number of rotatable bonds is 7. The van der Waals surface area contributed by atoms with Gasteiger partial charge in [0.15, 0.2) is 5.96 Å². The van der Waals surface area contributed by atoms with Gasteiger partial charge in [0.25, 0.3) is 0 Å². The number of hydrogen-bond donors (Lipinski definition) is 2. The van der Waals surface area contributed by atoms with Gasteiger partial charge in [-0.05, 0) is 39.7 Å². The van der Waals surface area contributed by atoms with Gasteiger partial charge in [-0.15, -0.1) is 24.0 Å². The van der Waals surface area contributed by atoms with E-state index in [-0.39, 0.29) is 29.4 Å². The number of guanidine groups is 1. The van der Waals surface area contributed by atoms with Gasteiger partial charge < -0.3 is 20.0 Å². The van der Waals surface area contributed by atoms with Gasteiger partial charge in [-0.3, -0.25) is 0 Å². The maximum atomic E-state index is 5.81. The third-order valence-electron chi connectivity index (χ3n) is 4.86. The maximum Gasteiger partial charge on any atom is 0.216 e. The van der Waals surface area contributed by atoms with Crippen LogP contribution in [0.3, 0.4) is 0 Å². The highest BCUT2D eigenvalue weighted by Gasteiger charge is 2.19. The van der Waals surface area contributed by atoms with Crippen molar-refractivity contribution < 1.29 is 4.42 Å². The van der Waals surface area contributed by atoms with E-state index < -0.39 is 0 Å². The number of halogens is 1. The van der Waals surface area contributed by atoms with Gasteiger partial charge >= 0.3 is 0 Å². The minimum atomic E-state index is -0.0245. The number of oxazole rings is 1. The molecule has 2 N–H and O–H groups in total. The van der Waals surface area contributed by atoms with Crippen molar-refractivity contribution in [3.8, 4) is 0 Å². The van der Waals surface area contributed by atoms with Crippen LogP contribution in [0.15, 0.2) is 15.6 Å². The van der Waals surface area contributed by atoms with Crippen molar-refractivity contribution in [3.05, 3.63) is 17.8 Å². The molecule has 7 heteroatoms. The topological polar surface area (TPSA) is 65.7 Å². The lowest BCUT2D eigenvalue weighted by atomic mass is 9.94. The number of nitrogens with zero attached hydrogens (tertiary/aromatic N) is 3. The van der Waals surface area contributed by atoms with Crippen LogP contribution in [-0.2, 0) is 12.0 Å². The molecule has 1 aromatic heterocycles. The second-order valence-corrected chi connectivity index (χ2v) is 8.22. The molecule has 0 spiro atoms.